The van der Waals surface area contributed by atoms with Crippen LogP contribution in [0.1, 0.15) is 19.3 Å². The first-order valence-corrected chi connectivity index (χ1v) is 8.95. The molecular formula is C20H25BrFN3O. The van der Waals surface area contributed by atoms with Crippen LogP contribution in [0, 0.1) is 5.82 Å². The fraction of sp³-hybridized carbons (Fsp3) is 0.400. The predicted octanol–water partition coefficient (Wildman–Crippen LogP) is -0.364. The third kappa shape index (κ3) is 5.80. The average molecular weight is 422 g/mol. The van der Waals surface area contributed by atoms with Crippen LogP contribution < -0.4 is 26.4 Å². The van der Waals surface area contributed by atoms with Crippen molar-refractivity contribution in [2.24, 2.45) is 0 Å². The molecule has 0 spiro atoms. The molecule has 1 amide bonds. The molecule has 0 radical (unpaired) electrons. The van der Waals surface area contributed by atoms with E-state index in [2.05, 4.69) is 21.9 Å². The Balaban J connectivity index is 0.00000243. The molecule has 3 rings (SSSR count). The van der Waals surface area contributed by atoms with Gasteiger partial charge >= 0.3 is 0 Å². The van der Waals surface area contributed by atoms with Gasteiger partial charge in [-0.15, -0.1) is 0 Å². The van der Waals surface area contributed by atoms with Crippen LogP contribution >= 0.6 is 0 Å². The van der Waals surface area contributed by atoms with Gasteiger partial charge < -0.3 is 26.8 Å². The van der Waals surface area contributed by atoms with Gasteiger partial charge in [0.05, 0.1) is 0 Å². The summed E-state index contributed by atoms with van der Waals surface area (Å²) in [6.45, 7) is 4.04. The maximum absolute atomic E-state index is 13.0. The van der Waals surface area contributed by atoms with Crippen molar-refractivity contribution in [2.45, 2.75) is 25.8 Å². The Morgan fingerprint density at radius 1 is 0.962 bits per heavy atom. The Morgan fingerprint density at radius 2 is 1.62 bits per heavy atom. The van der Waals surface area contributed by atoms with E-state index < -0.39 is 0 Å². The molecule has 2 heterocycles. The highest BCUT2D eigenvalue weighted by Crippen LogP contribution is 2.17. The summed E-state index contributed by atoms with van der Waals surface area (Å²) in [7, 11) is 0. The minimum atomic E-state index is -0.216. The van der Waals surface area contributed by atoms with E-state index in [4.69, 9.17) is 0 Å². The molecule has 4 nitrogen and oxygen atoms in total. The highest BCUT2D eigenvalue weighted by atomic mass is 79.9. The summed E-state index contributed by atoms with van der Waals surface area (Å²) in [6, 6.07) is 12.6. The second-order valence-electron chi connectivity index (χ2n) is 6.41. The smallest absolute Gasteiger partial charge is 0.222 e. The lowest BCUT2D eigenvalue weighted by Gasteiger charge is -2.36. The van der Waals surface area contributed by atoms with Crippen LogP contribution in [-0.2, 0) is 11.3 Å². The van der Waals surface area contributed by atoms with Gasteiger partial charge in [-0.1, -0.05) is 6.07 Å². The van der Waals surface area contributed by atoms with E-state index in [1.807, 2.05) is 23.1 Å². The summed E-state index contributed by atoms with van der Waals surface area (Å²) in [5.74, 6) is 0.0306. The standard InChI is InChI=1S/C20H25FN3O.BrH/c21-18-7-9-19(10-8-18)23-14-16-24(17-15-23)20(25)6-2-5-13-22-11-3-1-4-12-22;/h1,3-4,7-12H,2,5-6,13-17H2;1H/q+1;/p-1. The molecule has 1 aliphatic rings. The third-order valence-corrected chi connectivity index (χ3v) is 4.66. The highest BCUT2D eigenvalue weighted by Gasteiger charge is 2.21. The molecule has 1 aromatic heterocycles. The Bertz CT molecular complexity index is 673. The van der Waals surface area contributed by atoms with Gasteiger partial charge in [0.2, 0.25) is 5.91 Å². The number of rotatable bonds is 6. The lowest BCUT2D eigenvalue weighted by molar-refractivity contribution is -0.697. The van der Waals surface area contributed by atoms with Crippen molar-refractivity contribution in [2.75, 3.05) is 31.1 Å². The predicted molar refractivity (Wildman–Crippen MR) is 95.7 cm³/mol. The summed E-state index contributed by atoms with van der Waals surface area (Å²) < 4.78 is 15.1. The van der Waals surface area contributed by atoms with Crippen LogP contribution in [0.25, 0.3) is 0 Å². The van der Waals surface area contributed by atoms with Gasteiger partial charge in [0.25, 0.3) is 0 Å². The van der Waals surface area contributed by atoms with Crippen molar-refractivity contribution in [3.63, 3.8) is 0 Å². The second kappa shape index (κ2) is 10.3. The zero-order chi connectivity index (χ0) is 17.5. The number of aryl methyl sites for hydroxylation is 1. The number of benzene rings is 1. The van der Waals surface area contributed by atoms with Gasteiger partial charge in [0.15, 0.2) is 12.4 Å². The number of carbonyl (C=O) groups excluding carboxylic acids is 1. The second-order valence-corrected chi connectivity index (χ2v) is 6.41. The Labute approximate surface area is 165 Å². The zero-order valence-electron chi connectivity index (χ0n) is 14.9. The lowest BCUT2D eigenvalue weighted by Crippen LogP contribution is -3.00. The van der Waals surface area contributed by atoms with Gasteiger partial charge in [0.1, 0.15) is 12.4 Å². The number of pyridine rings is 1. The molecule has 0 atom stereocenters. The fourth-order valence-corrected chi connectivity index (χ4v) is 3.18. The van der Waals surface area contributed by atoms with Gasteiger partial charge in [-0.25, -0.2) is 8.96 Å². The van der Waals surface area contributed by atoms with Gasteiger partial charge in [0, 0.05) is 56.8 Å². The maximum atomic E-state index is 13.0. The van der Waals surface area contributed by atoms with Crippen molar-refractivity contribution >= 4 is 11.6 Å². The first-order chi connectivity index (χ1) is 12.2. The number of halogens is 2. The van der Waals surface area contributed by atoms with Crippen LogP contribution in [0.4, 0.5) is 10.1 Å². The van der Waals surface area contributed by atoms with Gasteiger partial charge in [-0.3, -0.25) is 4.79 Å². The fourth-order valence-electron chi connectivity index (χ4n) is 3.18. The quantitative estimate of drug-likeness (QED) is 0.470. The number of aromatic nitrogens is 1. The topological polar surface area (TPSA) is 27.4 Å². The minimum absolute atomic E-state index is 0. The van der Waals surface area contributed by atoms with Gasteiger partial charge in [-0.05, 0) is 30.7 Å². The monoisotopic (exact) mass is 421 g/mol. The molecule has 0 bridgehead atoms. The van der Waals surface area contributed by atoms with Crippen LogP contribution in [0.3, 0.4) is 0 Å². The molecule has 1 saturated heterocycles. The number of hydrogen-bond donors (Lipinski definition) is 0. The molecule has 140 valence electrons. The lowest BCUT2D eigenvalue weighted by atomic mass is 10.2. The largest absolute Gasteiger partial charge is 1.00 e. The van der Waals surface area contributed by atoms with Crippen molar-refractivity contribution in [1.29, 1.82) is 0 Å². The molecule has 6 heteroatoms. The number of amides is 1. The van der Waals surface area contributed by atoms with Crippen molar-refractivity contribution in [3.05, 3.63) is 60.7 Å². The summed E-state index contributed by atoms with van der Waals surface area (Å²) in [5, 5.41) is 0. The Kier molecular flexibility index (Phi) is 8.04. The SMILES string of the molecule is O=C(CCCC[n+]1ccccc1)N1CCN(c2ccc(F)cc2)CC1.[Br-]. The molecule has 26 heavy (non-hydrogen) atoms. The van der Waals surface area contributed by atoms with E-state index in [1.165, 1.54) is 12.1 Å². The molecule has 0 N–H and O–H groups in total. The number of piperazine rings is 1. The summed E-state index contributed by atoms with van der Waals surface area (Å²) in [4.78, 5) is 16.5. The molecule has 1 aromatic carbocycles. The molecule has 0 unspecified atom stereocenters. The van der Waals surface area contributed by atoms with Crippen LogP contribution in [-0.4, -0.2) is 37.0 Å². The summed E-state index contributed by atoms with van der Waals surface area (Å²) in [6.07, 6.45) is 6.64. The number of nitrogens with zero attached hydrogens (tertiary/aromatic N) is 3. The number of unbranched alkanes of at least 4 members (excludes halogenated alkanes) is 1. The first kappa shape index (κ1) is 20.4. The summed E-state index contributed by atoms with van der Waals surface area (Å²) >= 11 is 0. The van der Waals surface area contributed by atoms with E-state index in [0.717, 1.165) is 51.3 Å². The highest BCUT2D eigenvalue weighted by molar-refractivity contribution is 5.76. The first-order valence-electron chi connectivity index (χ1n) is 8.95. The van der Waals surface area contributed by atoms with Crippen molar-refractivity contribution in [1.82, 2.24) is 4.90 Å². The van der Waals surface area contributed by atoms with E-state index in [1.54, 1.807) is 12.1 Å². The molecular weight excluding hydrogens is 397 g/mol. The number of anilines is 1. The summed E-state index contributed by atoms with van der Waals surface area (Å²) in [5.41, 5.74) is 1.02. The van der Waals surface area contributed by atoms with Crippen molar-refractivity contribution in [3.8, 4) is 0 Å². The van der Waals surface area contributed by atoms with E-state index in [0.29, 0.717) is 6.42 Å². The molecule has 0 saturated carbocycles. The molecule has 1 aliphatic heterocycles. The Hall–Kier alpha value is -1.95. The van der Waals surface area contributed by atoms with E-state index >= 15 is 0 Å². The van der Waals surface area contributed by atoms with Gasteiger partial charge in [-0.2, -0.15) is 0 Å². The Morgan fingerprint density at radius 3 is 2.27 bits per heavy atom. The van der Waals surface area contributed by atoms with Crippen LogP contribution in [0.15, 0.2) is 54.9 Å². The molecule has 2 aromatic rings. The van der Waals surface area contributed by atoms with Crippen LogP contribution in [0.5, 0.6) is 0 Å². The van der Waals surface area contributed by atoms with Crippen LogP contribution in [0.2, 0.25) is 0 Å². The third-order valence-electron chi connectivity index (χ3n) is 4.66. The maximum Gasteiger partial charge on any atom is 0.222 e. The normalized spacial score (nSPS) is 14.0. The molecule has 0 aliphatic carbocycles. The minimum Gasteiger partial charge on any atom is -1.00 e. The van der Waals surface area contributed by atoms with E-state index in [-0.39, 0.29) is 28.7 Å². The van der Waals surface area contributed by atoms with Crippen molar-refractivity contribution < 1.29 is 30.7 Å². The zero-order valence-corrected chi connectivity index (χ0v) is 16.4. The average Bonchev–Trinajstić information content (AvgIpc) is 2.67. The number of hydrogen-bond acceptors (Lipinski definition) is 2. The molecule has 1 fully saturated rings. The number of carbonyl (C=O) groups is 1. The van der Waals surface area contributed by atoms with E-state index in [9.17, 15) is 9.18 Å².